The van der Waals surface area contributed by atoms with Crippen LogP contribution in [0.2, 0.25) is 0 Å². The summed E-state index contributed by atoms with van der Waals surface area (Å²) in [5.41, 5.74) is 3.93. The van der Waals surface area contributed by atoms with Crippen LogP contribution in [0.5, 0.6) is 11.5 Å². The summed E-state index contributed by atoms with van der Waals surface area (Å²) in [4.78, 5) is 14.6. The van der Waals surface area contributed by atoms with Crippen molar-refractivity contribution in [1.82, 2.24) is 10.2 Å². The number of amides is 2. The zero-order valence-electron chi connectivity index (χ0n) is 24.1. The lowest BCUT2D eigenvalue weighted by Gasteiger charge is -2.74. The van der Waals surface area contributed by atoms with E-state index < -0.39 is 5.60 Å². The average Bonchev–Trinajstić information content (AvgIpc) is 3.72. The molecule has 2 aromatic carbocycles. The highest BCUT2D eigenvalue weighted by Gasteiger charge is 2.80. The van der Waals surface area contributed by atoms with Gasteiger partial charge in [0.05, 0.1) is 13.2 Å². The fourth-order valence-electron chi connectivity index (χ4n) is 10.00. The maximum absolute atomic E-state index is 11.8. The molecule has 41 heavy (non-hydrogen) atoms. The van der Waals surface area contributed by atoms with Gasteiger partial charge >= 0.3 is 6.03 Å². The van der Waals surface area contributed by atoms with Crippen LogP contribution in [0.4, 0.5) is 10.5 Å². The van der Waals surface area contributed by atoms with Crippen molar-refractivity contribution >= 4 is 11.7 Å². The van der Waals surface area contributed by atoms with Crippen LogP contribution in [-0.2, 0) is 27.9 Å². The molecule has 2 heterocycles. The van der Waals surface area contributed by atoms with E-state index in [1.54, 1.807) is 7.05 Å². The molecule has 9 rings (SSSR count). The van der Waals surface area contributed by atoms with Gasteiger partial charge in [-0.2, -0.15) is 0 Å². The van der Waals surface area contributed by atoms with Gasteiger partial charge in [-0.3, -0.25) is 4.90 Å². The zero-order valence-corrected chi connectivity index (χ0v) is 24.1. The zero-order chi connectivity index (χ0) is 28.0. The number of phenols is 1. The molecule has 6 atom stereocenters. The molecule has 8 heteroatoms. The lowest BCUT2D eigenvalue weighted by molar-refractivity contribution is -0.283. The van der Waals surface area contributed by atoms with Gasteiger partial charge in [-0.1, -0.05) is 18.2 Å². The average molecular weight is 560 g/mol. The van der Waals surface area contributed by atoms with Crippen LogP contribution >= 0.6 is 0 Å². The number of benzene rings is 2. The topological polar surface area (TPSA) is 92.3 Å². The largest absolute Gasteiger partial charge is 0.504 e. The summed E-state index contributed by atoms with van der Waals surface area (Å²) in [7, 11) is 3.46. The molecule has 3 unspecified atom stereocenters. The van der Waals surface area contributed by atoms with Gasteiger partial charge in [0, 0.05) is 54.7 Å². The monoisotopic (exact) mass is 559 g/mol. The maximum atomic E-state index is 11.8. The van der Waals surface area contributed by atoms with Gasteiger partial charge < -0.3 is 30.0 Å². The van der Waals surface area contributed by atoms with Crippen molar-refractivity contribution in [3.63, 3.8) is 0 Å². The minimum Gasteiger partial charge on any atom is -0.504 e. The number of carbonyl (C=O) groups is 1. The van der Waals surface area contributed by atoms with Gasteiger partial charge in [-0.25, -0.2) is 4.79 Å². The van der Waals surface area contributed by atoms with E-state index in [9.17, 15) is 9.90 Å². The molecule has 8 nitrogen and oxygen atoms in total. The Bertz CT molecular complexity index is 1390. The predicted molar refractivity (Wildman–Crippen MR) is 154 cm³/mol. The van der Waals surface area contributed by atoms with E-state index in [-0.39, 0.29) is 34.6 Å². The first-order chi connectivity index (χ1) is 19.9. The Morgan fingerprint density at radius 2 is 2.07 bits per heavy atom. The number of rotatable bonds is 8. The van der Waals surface area contributed by atoms with Gasteiger partial charge in [-0.15, -0.1) is 0 Å². The van der Waals surface area contributed by atoms with E-state index in [4.69, 9.17) is 14.2 Å². The van der Waals surface area contributed by atoms with Crippen LogP contribution < -0.4 is 15.4 Å². The number of aromatic hydroxyl groups is 1. The molecule has 4 bridgehead atoms. The Labute approximate surface area is 241 Å². The summed E-state index contributed by atoms with van der Waals surface area (Å²) in [5.74, 6) is 2.03. The summed E-state index contributed by atoms with van der Waals surface area (Å²) < 4.78 is 20.0. The van der Waals surface area contributed by atoms with Crippen molar-refractivity contribution in [2.45, 2.75) is 74.7 Å². The summed E-state index contributed by atoms with van der Waals surface area (Å²) in [6.45, 7) is 3.36. The first kappa shape index (κ1) is 25.9. The van der Waals surface area contributed by atoms with Crippen molar-refractivity contribution in [2.24, 2.45) is 17.3 Å². The van der Waals surface area contributed by atoms with Crippen LogP contribution in [0.25, 0.3) is 0 Å². The van der Waals surface area contributed by atoms with Crippen molar-refractivity contribution in [3.05, 3.63) is 53.1 Å². The van der Waals surface area contributed by atoms with Gasteiger partial charge in [0.15, 0.2) is 11.5 Å². The molecular formula is C33H41N3O5. The number of hydrogen-bond donors (Lipinski definition) is 3. The molecule has 4 saturated carbocycles. The highest BCUT2D eigenvalue weighted by molar-refractivity contribution is 5.89. The second kappa shape index (κ2) is 9.09. The second-order valence-corrected chi connectivity index (χ2v) is 13.5. The van der Waals surface area contributed by atoms with Crippen molar-refractivity contribution in [1.29, 1.82) is 0 Å². The van der Waals surface area contributed by atoms with Crippen LogP contribution in [0.1, 0.15) is 55.2 Å². The number of piperidine rings is 1. The Balaban J connectivity index is 1.12. The van der Waals surface area contributed by atoms with Gasteiger partial charge in [0.25, 0.3) is 0 Å². The Morgan fingerprint density at radius 1 is 1.20 bits per heavy atom. The number of carbonyl (C=O) groups excluding carboxylic acids is 1. The van der Waals surface area contributed by atoms with Crippen LogP contribution in [0, 0.1) is 17.3 Å². The molecule has 5 aliphatic carbocycles. The number of nitrogens with zero attached hydrogens (tertiary/aromatic N) is 1. The van der Waals surface area contributed by atoms with Crippen molar-refractivity contribution < 1.29 is 24.1 Å². The fourth-order valence-corrected chi connectivity index (χ4v) is 10.00. The van der Waals surface area contributed by atoms with Crippen LogP contribution in [-0.4, -0.2) is 67.6 Å². The van der Waals surface area contributed by atoms with E-state index >= 15 is 0 Å². The van der Waals surface area contributed by atoms with Crippen LogP contribution in [0.3, 0.4) is 0 Å². The Morgan fingerprint density at radius 3 is 2.88 bits per heavy atom. The number of likely N-dealkylation sites (tertiary alicyclic amines) is 1. The quantitative estimate of drug-likeness (QED) is 0.439. The number of urea groups is 1. The number of fused-ring (bicyclic) bond motifs is 2. The highest BCUT2D eigenvalue weighted by atomic mass is 16.6. The molecular weight excluding hydrogens is 518 g/mol. The molecule has 7 aliphatic rings. The Hall–Kier alpha value is -2.81. The Kier molecular flexibility index (Phi) is 5.74. The first-order valence-electron chi connectivity index (χ1n) is 15.4. The van der Waals surface area contributed by atoms with E-state index in [1.807, 2.05) is 37.4 Å². The molecule has 5 fully saturated rings. The lowest BCUT2D eigenvalue weighted by atomic mass is 9.35. The molecule has 3 N–H and O–H groups in total. The molecule has 2 aliphatic heterocycles. The standard InChI is InChI=1S/C33H41N3O5/c1-34-30(38)35-24-5-3-4-21(14-24)18-40-19-23-16-31-10-11-33(23,39-2)29-32(31)12-13-36(17-20-6-7-20)26(31)15-22-8-9-25(37)28(41-29)27(22)32/h3-5,8-9,14,20,23,26,29,37H,6-7,10-13,15-19H2,1-2H3,(H2,34,35,38)/t23-,26-,29-,31?,32?,33?/m1/s1. The molecule has 2 amide bonds. The second-order valence-electron chi connectivity index (χ2n) is 13.5. The van der Waals surface area contributed by atoms with E-state index in [2.05, 4.69) is 21.6 Å². The lowest BCUT2D eigenvalue weighted by Crippen LogP contribution is -2.81. The molecule has 0 aromatic heterocycles. The van der Waals surface area contributed by atoms with Crippen molar-refractivity contribution in [2.75, 3.05) is 39.2 Å². The van der Waals surface area contributed by atoms with Crippen LogP contribution in [0.15, 0.2) is 36.4 Å². The smallest absolute Gasteiger partial charge is 0.318 e. The number of hydrogen-bond acceptors (Lipinski definition) is 6. The van der Waals surface area contributed by atoms with Gasteiger partial charge in [0.2, 0.25) is 0 Å². The molecule has 2 aromatic rings. The first-order valence-corrected chi connectivity index (χ1v) is 15.4. The summed E-state index contributed by atoms with van der Waals surface area (Å²) in [6.07, 6.45) is 7.84. The number of anilines is 1. The number of nitrogens with one attached hydrogen (secondary N) is 2. The van der Waals surface area contributed by atoms with Gasteiger partial charge in [0.1, 0.15) is 11.7 Å². The number of ether oxygens (including phenoxy) is 3. The predicted octanol–water partition coefficient (Wildman–Crippen LogP) is 4.58. The number of methoxy groups -OCH3 is 1. The third kappa shape index (κ3) is 3.47. The molecule has 2 spiro atoms. The fraction of sp³-hybridized carbons (Fsp3) is 0.606. The SMILES string of the molecule is CNC(=O)Nc1cccc(COC[C@H]2CC34CCC2(OC)[C@@H]2Oc5c(O)ccc6c5C23CCN(CC2CC2)[C@@H]4C6)c1. The minimum atomic E-state index is -0.465. The number of phenolic OH excluding ortho intramolecular Hbond substituents is 1. The maximum Gasteiger partial charge on any atom is 0.318 e. The van der Waals surface area contributed by atoms with E-state index in [0.29, 0.717) is 19.3 Å². The van der Waals surface area contributed by atoms with Crippen molar-refractivity contribution in [3.8, 4) is 11.5 Å². The summed E-state index contributed by atoms with van der Waals surface area (Å²) in [5, 5.41) is 16.5. The highest BCUT2D eigenvalue weighted by Crippen LogP contribution is 2.76. The third-order valence-corrected chi connectivity index (χ3v) is 11.8. The normalized spacial score (nSPS) is 36.0. The third-order valence-electron chi connectivity index (χ3n) is 11.8. The van der Waals surface area contributed by atoms with E-state index in [0.717, 1.165) is 61.6 Å². The van der Waals surface area contributed by atoms with Gasteiger partial charge in [-0.05, 0) is 86.7 Å². The van der Waals surface area contributed by atoms with E-state index in [1.165, 1.54) is 30.5 Å². The summed E-state index contributed by atoms with van der Waals surface area (Å²) in [6, 6.07) is 12.1. The summed E-state index contributed by atoms with van der Waals surface area (Å²) >= 11 is 0. The molecule has 1 saturated heterocycles. The molecule has 0 radical (unpaired) electrons. The molecule has 218 valence electrons. The minimum absolute atomic E-state index is 0.0858.